The van der Waals surface area contributed by atoms with E-state index in [1.165, 1.54) is 17.8 Å². The van der Waals surface area contributed by atoms with Crippen LogP contribution in [0.5, 0.6) is 5.75 Å². The van der Waals surface area contributed by atoms with E-state index in [0.29, 0.717) is 37.1 Å². The Labute approximate surface area is 292 Å². The van der Waals surface area contributed by atoms with Crippen LogP contribution in [0.25, 0.3) is 10.9 Å². The summed E-state index contributed by atoms with van der Waals surface area (Å²) in [5.74, 6) is -3.10. The summed E-state index contributed by atoms with van der Waals surface area (Å²) in [6.07, 6.45) is 3.87. The molecule has 0 saturated heterocycles. The standard InChI is InChI=1S/C30H41N5O6.C8H7N/c1-3-8-26(37)23(11-7-16-31)27(32)30(40)35-25(18-21-12-14-22(15-13-21)41-19(2)36)29(39)34-24(28(33)38)17-20-9-5-4-6-10-20;1-2-4-8-7(3-1)5-6-9-8/h4-6,9-10,12-15,23-25,27H,3,7-8,11,16-18,31-32H2,1-2H3,(H2,33,38)(H,34,39)(H,35,40);1-6,9H/t23?,24-,25-,27-;/m0./s1. The van der Waals surface area contributed by atoms with Crippen LogP contribution in [-0.4, -0.2) is 59.1 Å². The molecule has 266 valence electrons. The molecule has 1 heterocycles. The second-order valence-corrected chi connectivity index (χ2v) is 12.0. The molecule has 3 amide bonds. The van der Waals surface area contributed by atoms with Gasteiger partial charge in [0.15, 0.2) is 0 Å². The van der Waals surface area contributed by atoms with Gasteiger partial charge in [-0.15, -0.1) is 0 Å². The number of Topliss-reactive ketones (excluding diaryl/α,β-unsaturated/α-hetero) is 1. The van der Waals surface area contributed by atoms with Gasteiger partial charge in [-0.3, -0.25) is 24.0 Å². The molecule has 3 aromatic carbocycles. The Balaban J connectivity index is 0.000000638. The van der Waals surface area contributed by atoms with Crippen LogP contribution in [-0.2, 0) is 36.8 Å². The number of carbonyl (C=O) groups is 5. The Kier molecular flexibility index (Phi) is 15.8. The van der Waals surface area contributed by atoms with E-state index in [0.717, 1.165) is 5.56 Å². The third-order valence-electron chi connectivity index (χ3n) is 8.03. The summed E-state index contributed by atoms with van der Waals surface area (Å²) in [4.78, 5) is 66.1. The molecule has 12 nitrogen and oxygen atoms in total. The monoisotopic (exact) mass is 684 g/mol. The summed E-state index contributed by atoms with van der Waals surface area (Å²) in [5.41, 5.74) is 20.1. The van der Waals surface area contributed by atoms with Gasteiger partial charge in [0.2, 0.25) is 17.7 Å². The largest absolute Gasteiger partial charge is 0.427 e. The van der Waals surface area contributed by atoms with Crippen LogP contribution in [0.4, 0.5) is 0 Å². The van der Waals surface area contributed by atoms with Gasteiger partial charge in [-0.05, 0) is 66.6 Å². The molecule has 4 atom stereocenters. The first-order chi connectivity index (χ1) is 24.0. The number of aromatic amines is 1. The zero-order valence-corrected chi connectivity index (χ0v) is 28.6. The zero-order valence-electron chi connectivity index (χ0n) is 28.6. The van der Waals surface area contributed by atoms with E-state index in [1.807, 2.05) is 31.3 Å². The molecular weight excluding hydrogens is 636 g/mol. The Morgan fingerprint density at radius 3 is 2.04 bits per heavy atom. The molecule has 1 aromatic heterocycles. The number of esters is 1. The van der Waals surface area contributed by atoms with Gasteiger partial charge in [0, 0.05) is 43.8 Å². The van der Waals surface area contributed by atoms with Crippen LogP contribution < -0.4 is 32.6 Å². The minimum atomic E-state index is -1.20. The summed E-state index contributed by atoms with van der Waals surface area (Å²) in [5, 5.41) is 6.60. The van der Waals surface area contributed by atoms with E-state index in [4.69, 9.17) is 21.9 Å². The van der Waals surface area contributed by atoms with Crippen LogP contribution >= 0.6 is 0 Å². The summed E-state index contributed by atoms with van der Waals surface area (Å²) < 4.78 is 5.06. The first-order valence-electron chi connectivity index (χ1n) is 16.7. The average molecular weight is 685 g/mol. The lowest BCUT2D eigenvalue weighted by Crippen LogP contribution is -2.57. The number of aromatic nitrogens is 1. The maximum atomic E-state index is 13.5. The fraction of sp³-hybridized carbons (Fsp3) is 0.342. The summed E-state index contributed by atoms with van der Waals surface area (Å²) in [6, 6.07) is 22.4. The van der Waals surface area contributed by atoms with E-state index < -0.39 is 47.7 Å². The number of ketones is 1. The number of carbonyl (C=O) groups excluding carboxylic acids is 5. The molecule has 4 rings (SSSR count). The summed E-state index contributed by atoms with van der Waals surface area (Å²) in [7, 11) is 0. The van der Waals surface area contributed by atoms with Crippen LogP contribution in [0.3, 0.4) is 0 Å². The van der Waals surface area contributed by atoms with E-state index in [-0.39, 0.29) is 25.0 Å². The van der Waals surface area contributed by atoms with Crippen LogP contribution in [0.2, 0.25) is 0 Å². The number of amides is 3. The van der Waals surface area contributed by atoms with Crippen molar-refractivity contribution in [2.45, 2.75) is 70.5 Å². The molecule has 0 aliphatic carbocycles. The van der Waals surface area contributed by atoms with Crippen molar-refractivity contribution in [1.82, 2.24) is 15.6 Å². The number of hydrogen-bond donors (Lipinski definition) is 6. The maximum Gasteiger partial charge on any atom is 0.308 e. The Morgan fingerprint density at radius 1 is 0.800 bits per heavy atom. The van der Waals surface area contributed by atoms with Gasteiger partial charge < -0.3 is 37.6 Å². The predicted molar refractivity (Wildman–Crippen MR) is 193 cm³/mol. The molecule has 1 unspecified atom stereocenters. The molecule has 0 aliphatic heterocycles. The number of fused-ring (bicyclic) bond motifs is 1. The molecule has 50 heavy (non-hydrogen) atoms. The molecule has 9 N–H and O–H groups in total. The first kappa shape index (κ1) is 39.1. The zero-order chi connectivity index (χ0) is 36.5. The maximum absolute atomic E-state index is 13.5. The summed E-state index contributed by atoms with van der Waals surface area (Å²) in [6.45, 7) is 3.49. The normalized spacial score (nSPS) is 13.1. The minimum absolute atomic E-state index is 0.0256. The lowest BCUT2D eigenvalue weighted by molar-refractivity contribution is -0.134. The fourth-order valence-corrected chi connectivity index (χ4v) is 5.41. The number of rotatable bonds is 17. The lowest BCUT2D eigenvalue weighted by Gasteiger charge is -2.26. The smallest absolute Gasteiger partial charge is 0.308 e. The number of ether oxygens (including phenoxy) is 1. The van der Waals surface area contributed by atoms with Crippen LogP contribution in [0.15, 0.2) is 91.1 Å². The number of benzene rings is 3. The highest BCUT2D eigenvalue weighted by molar-refractivity contribution is 5.95. The van der Waals surface area contributed by atoms with Crippen molar-refractivity contribution in [3.05, 3.63) is 102 Å². The molecule has 0 fully saturated rings. The van der Waals surface area contributed by atoms with Gasteiger partial charge in [0.1, 0.15) is 23.6 Å². The van der Waals surface area contributed by atoms with Gasteiger partial charge in [-0.25, -0.2) is 0 Å². The number of para-hydroxylation sites is 1. The number of nitrogens with one attached hydrogen (secondary N) is 3. The van der Waals surface area contributed by atoms with Crippen LogP contribution in [0.1, 0.15) is 50.7 Å². The molecule has 0 radical (unpaired) electrons. The van der Waals surface area contributed by atoms with Gasteiger partial charge in [-0.2, -0.15) is 0 Å². The minimum Gasteiger partial charge on any atom is -0.427 e. The molecule has 0 aliphatic rings. The van der Waals surface area contributed by atoms with E-state index in [1.54, 1.807) is 48.5 Å². The van der Waals surface area contributed by atoms with E-state index >= 15 is 0 Å². The van der Waals surface area contributed by atoms with Crippen molar-refractivity contribution in [2.75, 3.05) is 6.54 Å². The third-order valence-corrected chi connectivity index (χ3v) is 8.03. The highest BCUT2D eigenvalue weighted by Gasteiger charge is 2.33. The first-order valence-corrected chi connectivity index (χ1v) is 16.7. The molecular formula is C38H48N6O6. The fourth-order valence-electron chi connectivity index (χ4n) is 5.41. The number of nitrogens with two attached hydrogens (primary N) is 3. The van der Waals surface area contributed by atoms with Crippen molar-refractivity contribution < 1.29 is 28.7 Å². The number of primary amides is 1. The van der Waals surface area contributed by atoms with Gasteiger partial charge >= 0.3 is 5.97 Å². The second kappa shape index (κ2) is 20.2. The Bertz CT molecular complexity index is 1660. The van der Waals surface area contributed by atoms with E-state index in [9.17, 15) is 24.0 Å². The van der Waals surface area contributed by atoms with Crippen molar-refractivity contribution >= 4 is 40.4 Å². The third kappa shape index (κ3) is 12.6. The van der Waals surface area contributed by atoms with E-state index in [2.05, 4.69) is 33.8 Å². The number of hydrogen-bond acceptors (Lipinski definition) is 8. The topological polar surface area (TPSA) is 212 Å². The quantitative estimate of drug-likeness (QED) is 0.0717. The average Bonchev–Trinajstić information content (AvgIpc) is 3.58. The van der Waals surface area contributed by atoms with Crippen LogP contribution in [0, 0.1) is 5.92 Å². The molecule has 0 saturated carbocycles. The lowest BCUT2D eigenvalue weighted by atomic mass is 9.88. The second-order valence-electron chi connectivity index (χ2n) is 12.0. The van der Waals surface area contributed by atoms with Gasteiger partial charge in [0.05, 0.1) is 6.04 Å². The molecule has 0 bridgehead atoms. The molecule has 12 heteroatoms. The predicted octanol–water partition coefficient (Wildman–Crippen LogP) is 3.07. The van der Waals surface area contributed by atoms with Crippen molar-refractivity contribution in [1.29, 1.82) is 0 Å². The Hall–Kier alpha value is -5.33. The number of H-pyrrole nitrogens is 1. The van der Waals surface area contributed by atoms with Crippen molar-refractivity contribution in [3.63, 3.8) is 0 Å². The molecule has 4 aromatic rings. The van der Waals surface area contributed by atoms with Gasteiger partial charge in [-0.1, -0.05) is 67.6 Å². The summed E-state index contributed by atoms with van der Waals surface area (Å²) >= 11 is 0. The molecule has 0 spiro atoms. The highest BCUT2D eigenvalue weighted by Crippen LogP contribution is 2.17. The van der Waals surface area contributed by atoms with Crippen molar-refractivity contribution in [3.8, 4) is 5.75 Å². The SMILES string of the molecule is CCCC(=O)C(CCCN)[C@H](N)C(=O)N[C@@H](Cc1ccc(OC(C)=O)cc1)C(=O)N[C@@H](Cc1ccccc1)C(N)=O.c1ccc2[nH]ccc2c1. The van der Waals surface area contributed by atoms with Gasteiger partial charge in [0.25, 0.3) is 0 Å². The Morgan fingerprint density at radius 2 is 1.42 bits per heavy atom. The highest BCUT2D eigenvalue weighted by atomic mass is 16.5. The van der Waals surface area contributed by atoms with Crippen molar-refractivity contribution in [2.24, 2.45) is 23.1 Å².